The van der Waals surface area contributed by atoms with Crippen molar-refractivity contribution in [2.24, 2.45) is 0 Å². The number of hydrogen-bond donors (Lipinski definition) is 2. The number of fused-ring (bicyclic) bond motifs is 1. The summed E-state index contributed by atoms with van der Waals surface area (Å²) in [5.41, 5.74) is 2.23. The largest absolute Gasteiger partial charge is 0.357 e. The summed E-state index contributed by atoms with van der Waals surface area (Å²) in [6, 6.07) is 11.2. The molecule has 9 heteroatoms. The zero-order valence-electron chi connectivity index (χ0n) is 19.4. The van der Waals surface area contributed by atoms with Gasteiger partial charge >= 0.3 is 0 Å². The molecule has 3 rings (SSSR count). The first-order chi connectivity index (χ1) is 15.5. The van der Waals surface area contributed by atoms with Crippen molar-refractivity contribution in [1.82, 2.24) is 10.3 Å². The number of aromatic nitrogens is 1. The van der Waals surface area contributed by atoms with E-state index in [1.807, 2.05) is 12.1 Å². The summed E-state index contributed by atoms with van der Waals surface area (Å²) in [7, 11) is -3.53. The summed E-state index contributed by atoms with van der Waals surface area (Å²) in [5, 5.41) is 3.65. The molecule has 3 aromatic rings. The Labute approximate surface area is 194 Å². The average Bonchev–Trinajstić information content (AvgIpc) is 2.75. The van der Waals surface area contributed by atoms with Crippen LogP contribution in [0.2, 0.25) is 0 Å². The summed E-state index contributed by atoms with van der Waals surface area (Å²) < 4.78 is 39.9. The molecule has 33 heavy (non-hydrogen) atoms. The Balaban J connectivity index is 1.80. The van der Waals surface area contributed by atoms with Gasteiger partial charge in [-0.1, -0.05) is 0 Å². The van der Waals surface area contributed by atoms with E-state index in [2.05, 4.69) is 33.8 Å². The SMILES string of the molecule is CCN(CC)c1ccc2cc(C(=O)N[C@H](C)c3cc(C)c(NS(C)(=O)=O)cc3F)ccc2n1. The van der Waals surface area contributed by atoms with Crippen molar-refractivity contribution in [2.45, 2.75) is 33.7 Å². The van der Waals surface area contributed by atoms with Gasteiger partial charge in [-0.05, 0) is 75.7 Å². The first-order valence-electron chi connectivity index (χ1n) is 10.8. The van der Waals surface area contributed by atoms with Gasteiger partial charge in [0.2, 0.25) is 10.0 Å². The van der Waals surface area contributed by atoms with Crippen molar-refractivity contribution in [3.63, 3.8) is 0 Å². The summed E-state index contributed by atoms with van der Waals surface area (Å²) in [4.78, 5) is 19.7. The zero-order chi connectivity index (χ0) is 24.3. The van der Waals surface area contributed by atoms with Crippen LogP contribution in [0.5, 0.6) is 0 Å². The van der Waals surface area contributed by atoms with E-state index in [0.717, 1.165) is 42.1 Å². The Morgan fingerprint density at radius 2 is 1.82 bits per heavy atom. The van der Waals surface area contributed by atoms with E-state index in [9.17, 15) is 17.6 Å². The van der Waals surface area contributed by atoms with Crippen LogP contribution in [0.25, 0.3) is 10.9 Å². The molecule has 0 bridgehead atoms. The predicted molar refractivity (Wildman–Crippen MR) is 131 cm³/mol. The molecule has 0 spiro atoms. The molecule has 0 aliphatic carbocycles. The minimum Gasteiger partial charge on any atom is -0.357 e. The van der Waals surface area contributed by atoms with Gasteiger partial charge in [0.1, 0.15) is 11.6 Å². The van der Waals surface area contributed by atoms with Crippen LogP contribution in [-0.2, 0) is 10.0 Å². The lowest BCUT2D eigenvalue weighted by molar-refractivity contribution is 0.0939. The number of nitrogens with one attached hydrogen (secondary N) is 2. The number of carbonyl (C=O) groups is 1. The molecule has 0 unspecified atom stereocenters. The van der Waals surface area contributed by atoms with Crippen molar-refractivity contribution in [3.8, 4) is 0 Å². The number of halogens is 1. The molecular formula is C24H29FN4O3S. The molecule has 0 saturated heterocycles. The van der Waals surface area contributed by atoms with Gasteiger partial charge in [0.15, 0.2) is 0 Å². The lowest BCUT2D eigenvalue weighted by atomic mass is 10.0. The molecule has 1 atom stereocenters. The number of anilines is 2. The van der Waals surface area contributed by atoms with Crippen molar-refractivity contribution in [1.29, 1.82) is 0 Å². The van der Waals surface area contributed by atoms with Crippen molar-refractivity contribution in [3.05, 3.63) is 65.0 Å². The Morgan fingerprint density at radius 3 is 2.45 bits per heavy atom. The monoisotopic (exact) mass is 472 g/mol. The molecule has 2 aromatic carbocycles. The Hall–Kier alpha value is -3.20. The Bertz CT molecular complexity index is 1290. The quantitative estimate of drug-likeness (QED) is 0.507. The molecule has 0 saturated carbocycles. The number of sulfonamides is 1. The maximum absolute atomic E-state index is 14.7. The fourth-order valence-electron chi connectivity index (χ4n) is 3.68. The van der Waals surface area contributed by atoms with Gasteiger partial charge in [0.25, 0.3) is 5.91 Å². The lowest BCUT2D eigenvalue weighted by Gasteiger charge is -2.20. The minimum absolute atomic E-state index is 0.170. The third kappa shape index (κ3) is 5.78. The van der Waals surface area contributed by atoms with E-state index in [4.69, 9.17) is 0 Å². The molecule has 0 aliphatic heterocycles. The first-order valence-corrected chi connectivity index (χ1v) is 12.7. The zero-order valence-corrected chi connectivity index (χ0v) is 20.3. The molecular weight excluding hydrogens is 443 g/mol. The summed E-state index contributed by atoms with van der Waals surface area (Å²) in [5.74, 6) is -0.0585. The second kappa shape index (κ2) is 9.74. The fraction of sp³-hybridized carbons (Fsp3) is 0.333. The van der Waals surface area contributed by atoms with Gasteiger partial charge < -0.3 is 10.2 Å². The van der Waals surface area contributed by atoms with Crippen LogP contribution in [-0.4, -0.2) is 38.7 Å². The van der Waals surface area contributed by atoms with Crippen LogP contribution in [0, 0.1) is 12.7 Å². The highest BCUT2D eigenvalue weighted by Crippen LogP contribution is 2.26. The van der Waals surface area contributed by atoms with Crippen LogP contribution >= 0.6 is 0 Å². The number of amides is 1. The number of aryl methyl sites for hydroxylation is 1. The lowest BCUT2D eigenvalue weighted by Crippen LogP contribution is -2.27. The second-order valence-electron chi connectivity index (χ2n) is 8.01. The van der Waals surface area contributed by atoms with E-state index < -0.39 is 21.9 Å². The highest BCUT2D eigenvalue weighted by Gasteiger charge is 2.18. The van der Waals surface area contributed by atoms with Crippen LogP contribution in [0.1, 0.15) is 48.3 Å². The van der Waals surface area contributed by atoms with E-state index in [-0.39, 0.29) is 17.2 Å². The number of nitrogens with zero attached hydrogens (tertiary/aromatic N) is 2. The van der Waals surface area contributed by atoms with Crippen LogP contribution in [0.4, 0.5) is 15.9 Å². The highest BCUT2D eigenvalue weighted by atomic mass is 32.2. The smallest absolute Gasteiger partial charge is 0.251 e. The minimum atomic E-state index is -3.53. The maximum atomic E-state index is 14.7. The summed E-state index contributed by atoms with van der Waals surface area (Å²) in [6.07, 6.45) is 1.00. The van der Waals surface area contributed by atoms with Crippen LogP contribution in [0.15, 0.2) is 42.5 Å². The number of pyridine rings is 1. The van der Waals surface area contributed by atoms with Crippen LogP contribution < -0.4 is 14.9 Å². The van der Waals surface area contributed by atoms with E-state index in [1.165, 1.54) is 6.07 Å². The van der Waals surface area contributed by atoms with Gasteiger partial charge in [-0.25, -0.2) is 17.8 Å². The van der Waals surface area contributed by atoms with Crippen molar-refractivity contribution >= 4 is 38.3 Å². The number of hydrogen-bond acceptors (Lipinski definition) is 5. The summed E-state index contributed by atoms with van der Waals surface area (Å²) in [6.45, 7) is 9.21. The second-order valence-corrected chi connectivity index (χ2v) is 9.76. The number of carbonyl (C=O) groups excluding carboxylic acids is 1. The molecule has 0 aliphatic rings. The summed E-state index contributed by atoms with van der Waals surface area (Å²) >= 11 is 0. The molecule has 2 N–H and O–H groups in total. The van der Waals surface area contributed by atoms with Crippen molar-refractivity contribution < 1.29 is 17.6 Å². The molecule has 0 fully saturated rings. The maximum Gasteiger partial charge on any atom is 0.251 e. The van der Waals surface area contributed by atoms with E-state index >= 15 is 0 Å². The third-order valence-electron chi connectivity index (χ3n) is 5.48. The van der Waals surface area contributed by atoms with Gasteiger partial charge in [-0.15, -0.1) is 0 Å². The first kappa shape index (κ1) is 24.4. The van der Waals surface area contributed by atoms with E-state index in [0.29, 0.717) is 11.1 Å². The number of rotatable bonds is 8. The number of benzene rings is 2. The molecule has 1 amide bonds. The van der Waals surface area contributed by atoms with E-state index in [1.54, 1.807) is 32.0 Å². The Kier molecular flexibility index (Phi) is 7.22. The van der Waals surface area contributed by atoms with Crippen LogP contribution in [0.3, 0.4) is 0 Å². The van der Waals surface area contributed by atoms with Gasteiger partial charge in [-0.3, -0.25) is 9.52 Å². The third-order valence-corrected chi connectivity index (χ3v) is 6.07. The Morgan fingerprint density at radius 1 is 1.12 bits per heavy atom. The molecule has 1 heterocycles. The van der Waals surface area contributed by atoms with Gasteiger partial charge in [0.05, 0.1) is 23.5 Å². The topological polar surface area (TPSA) is 91.4 Å². The highest BCUT2D eigenvalue weighted by molar-refractivity contribution is 7.92. The van der Waals surface area contributed by atoms with Gasteiger partial charge in [-0.2, -0.15) is 0 Å². The molecule has 1 aromatic heterocycles. The standard InChI is InChI=1S/C24H29FN4O3S/c1-6-29(7-2)23-11-9-17-13-18(8-10-21(17)27-23)24(30)26-16(4)19-12-15(3)22(14-20(19)25)28-33(5,31)32/h8-14,16,28H,6-7H2,1-5H3,(H,26,30)/t16-/m1/s1. The van der Waals surface area contributed by atoms with Crippen molar-refractivity contribution in [2.75, 3.05) is 29.0 Å². The van der Waals surface area contributed by atoms with Gasteiger partial charge in [0, 0.05) is 29.6 Å². The molecule has 7 nitrogen and oxygen atoms in total. The fourth-order valence-corrected chi connectivity index (χ4v) is 4.30. The average molecular weight is 473 g/mol. The normalized spacial score (nSPS) is 12.4. The predicted octanol–water partition coefficient (Wildman–Crippen LogP) is 4.39. The molecule has 176 valence electrons. The molecule has 0 radical (unpaired) electrons.